The van der Waals surface area contributed by atoms with E-state index in [0.29, 0.717) is 5.25 Å². The Bertz CT molecular complexity index is 408. The van der Waals surface area contributed by atoms with Gasteiger partial charge in [-0.1, -0.05) is 55.5 Å². The minimum atomic E-state index is 0.559. The molecule has 0 saturated heterocycles. The molecular formula is C15H16S. The van der Waals surface area contributed by atoms with Gasteiger partial charge in [-0.25, -0.2) is 0 Å². The molecule has 0 fully saturated rings. The molecule has 0 aromatic heterocycles. The van der Waals surface area contributed by atoms with Gasteiger partial charge < -0.3 is 0 Å². The van der Waals surface area contributed by atoms with Crippen molar-refractivity contribution in [1.82, 2.24) is 0 Å². The zero-order valence-corrected chi connectivity index (χ0v) is 10.3. The molecule has 2 aromatic carbocycles. The second-order valence-corrected chi connectivity index (χ2v) is 5.01. The fourth-order valence-corrected chi connectivity index (χ4v) is 2.82. The summed E-state index contributed by atoms with van der Waals surface area (Å²) in [4.78, 5) is 1.35. The van der Waals surface area contributed by atoms with Crippen LogP contribution < -0.4 is 0 Å². The van der Waals surface area contributed by atoms with Crippen molar-refractivity contribution in [2.75, 3.05) is 0 Å². The van der Waals surface area contributed by atoms with Crippen LogP contribution in [0.1, 0.15) is 24.2 Å². The summed E-state index contributed by atoms with van der Waals surface area (Å²) in [5.74, 6) is 0. The van der Waals surface area contributed by atoms with Crippen molar-refractivity contribution in [1.29, 1.82) is 0 Å². The molecule has 0 aliphatic rings. The number of hydrogen-bond donors (Lipinski definition) is 0. The topological polar surface area (TPSA) is 0 Å². The molecule has 2 aromatic rings. The Morgan fingerprint density at radius 1 is 0.875 bits per heavy atom. The van der Waals surface area contributed by atoms with E-state index in [1.165, 1.54) is 10.5 Å². The first-order valence-electron chi connectivity index (χ1n) is 5.67. The average Bonchev–Trinajstić information content (AvgIpc) is 2.38. The molecule has 0 aliphatic carbocycles. The Balaban J connectivity index is 2.13. The molecule has 0 amide bonds. The fraction of sp³-hybridized carbons (Fsp3) is 0.200. The third kappa shape index (κ3) is 2.89. The summed E-state index contributed by atoms with van der Waals surface area (Å²) in [5.41, 5.74) is 1.42. The fourth-order valence-electron chi connectivity index (χ4n) is 1.72. The van der Waals surface area contributed by atoms with Crippen LogP contribution in [-0.2, 0) is 0 Å². The van der Waals surface area contributed by atoms with Crippen molar-refractivity contribution >= 4 is 11.8 Å². The molecule has 0 unspecified atom stereocenters. The predicted molar refractivity (Wildman–Crippen MR) is 71.8 cm³/mol. The minimum Gasteiger partial charge on any atom is -0.118 e. The second-order valence-electron chi connectivity index (χ2n) is 3.74. The molecule has 0 aliphatic heterocycles. The van der Waals surface area contributed by atoms with E-state index in [1.54, 1.807) is 0 Å². The molecule has 0 nitrogen and oxygen atoms in total. The van der Waals surface area contributed by atoms with Crippen LogP contribution in [0.25, 0.3) is 0 Å². The maximum absolute atomic E-state index is 2.24. The van der Waals surface area contributed by atoms with E-state index in [0.717, 1.165) is 6.42 Å². The Hall–Kier alpha value is -1.21. The molecule has 82 valence electrons. The van der Waals surface area contributed by atoms with Gasteiger partial charge in [0.25, 0.3) is 0 Å². The normalized spacial score (nSPS) is 12.3. The predicted octanol–water partition coefficient (Wildman–Crippen LogP) is 4.93. The summed E-state index contributed by atoms with van der Waals surface area (Å²) in [6.45, 7) is 2.24. The maximum atomic E-state index is 2.24. The van der Waals surface area contributed by atoms with Crippen molar-refractivity contribution in [2.45, 2.75) is 23.5 Å². The molecule has 0 N–H and O–H groups in total. The average molecular weight is 228 g/mol. The summed E-state index contributed by atoms with van der Waals surface area (Å²) in [5, 5.41) is 0.559. The first-order valence-corrected chi connectivity index (χ1v) is 6.54. The van der Waals surface area contributed by atoms with Crippen LogP contribution in [-0.4, -0.2) is 0 Å². The van der Waals surface area contributed by atoms with Crippen LogP contribution in [0.4, 0.5) is 0 Å². The Labute approximate surface area is 102 Å². The molecule has 0 saturated carbocycles. The van der Waals surface area contributed by atoms with E-state index in [4.69, 9.17) is 0 Å². The van der Waals surface area contributed by atoms with Crippen LogP contribution in [0.2, 0.25) is 0 Å². The smallest absolute Gasteiger partial charge is 0.0341 e. The van der Waals surface area contributed by atoms with E-state index < -0.39 is 0 Å². The highest BCUT2D eigenvalue weighted by Crippen LogP contribution is 2.37. The monoisotopic (exact) mass is 228 g/mol. The van der Waals surface area contributed by atoms with Gasteiger partial charge in [0.1, 0.15) is 0 Å². The third-order valence-electron chi connectivity index (χ3n) is 2.56. The van der Waals surface area contributed by atoms with E-state index in [-0.39, 0.29) is 0 Å². The Morgan fingerprint density at radius 3 is 2.00 bits per heavy atom. The van der Waals surface area contributed by atoms with Gasteiger partial charge in [0.2, 0.25) is 0 Å². The van der Waals surface area contributed by atoms with Gasteiger partial charge in [0, 0.05) is 10.1 Å². The summed E-state index contributed by atoms with van der Waals surface area (Å²) in [6.07, 6.45) is 1.16. The largest absolute Gasteiger partial charge is 0.118 e. The van der Waals surface area contributed by atoms with Gasteiger partial charge in [0.05, 0.1) is 0 Å². The van der Waals surface area contributed by atoms with Crippen LogP contribution in [0, 0.1) is 0 Å². The van der Waals surface area contributed by atoms with Crippen molar-refractivity contribution in [3.8, 4) is 0 Å². The first kappa shape index (κ1) is 11.3. The standard InChI is InChI=1S/C15H16S/c1-2-15(13-9-5-3-6-10-13)16-14-11-7-4-8-12-14/h3-12,15H,2H2,1H3/t15-/m1/s1. The highest BCUT2D eigenvalue weighted by molar-refractivity contribution is 7.99. The first-order chi connectivity index (χ1) is 7.90. The molecule has 0 spiro atoms. The summed E-state index contributed by atoms with van der Waals surface area (Å²) >= 11 is 1.94. The van der Waals surface area contributed by atoms with E-state index in [1.807, 2.05) is 11.8 Å². The van der Waals surface area contributed by atoms with Crippen LogP contribution >= 0.6 is 11.8 Å². The lowest BCUT2D eigenvalue weighted by atomic mass is 10.1. The van der Waals surface area contributed by atoms with Gasteiger partial charge >= 0.3 is 0 Å². The van der Waals surface area contributed by atoms with E-state index in [9.17, 15) is 0 Å². The summed E-state index contributed by atoms with van der Waals surface area (Å²) < 4.78 is 0. The van der Waals surface area contributed by atoms with Crippen LogP contribution in [0.15, 0.2) is 65.6 Å². The lowest BCUT2D eigenvalue weighted by Gasteiger charge is -2.14. The van der Waals surface area contributed by atoms with Gasteiger partial charge in [0.15, 0.2) is 0 Å². The van der Waals surface area contributed by atoms with Gasteiger partial charge in [-0.05, 0) is 24.1 Å². The van der Waals surface area contributed by atoms with Crippen molar-refractivity contribution < 1.29 is 0 Å². The molecule has 0 bridgehead atoms. The molecule has 0 heterocycles. The number of benzene rings is 2. The second kappa shape index (κ2) is 5.76. The van der Waals surface area contributed by atoms with Crippen molar-refractivity contribution in [3.05, 3.63) is 66.2 Å². The molecule has 2 rings (SSSR count). The lowest BCUT2D eigenvalue weighted by molar-refractivity contribution is 0.895. The summed E-state index contributed by atoms with van der Waals surface area (Å²) in [6, 6.07) is 21.3. The van der Waals surface area contributed by atoms with Crippen molar-refractivity contribution in [3.63, 3.8) is 0 Å². The highest BCUT2D eigenvalue weighted by Gasteiger charge is 2.09. The van der Waals surface area contributed by atoms with Crippen LogP contribution in [0.5, 0.6) is 0 Å². The quantitative estimate of drug-likeness (QED) is 0.669. The molecular weight excluding hydrogens is 212 g/mol. The Morgan fingerprint density at radius 2 is 1.44 bits per heavy atom. The zero-order chi connectivity index (χ0) is 11.2. The summed E-state index contributed by atoms with van der Waals surface area (Å²) in [7, 11) is 0. The molecule has 16 heavy (non-hydrogen) atoms. The van der Waals surface area contributed by atoms with E-state index >= 15 is 0 Å². The highest BCUT2D eigenvalue weighted by atomic mass is 32.2. The zero-order valence-electron chi connectivity index (χ0n) is 9.47. The molecule has 1 heteroatoms. The lowest BCUT2D eigenvalue weighted by Crippen LogP contribution is -1.91. The minimum absolute atomic E-state index is 0.559. The maximum Gasteiger partial charge on any atom is 0.0341 e. The van der Waals surface area contributed by atoms with Gasteiger partial charge in [-0.2, -0.15) is 0 Å². The Kier molecular flexibility index (Phi) is 4.06. The number of rotatable bonds is 4. The molecule has 1 atom stereocenters. The van der Waals surface area contributed by atoms with Gasteiger partial charge in [-0.15, -0.1) is 11.8 Å². The van der Waals surface area contributed by atoms with Crippen LogP contribution in [0.3, 0.4) is 0 Å². The van der Waals surface area contributed by atoms with Crippen molar-refractivity contribution in [2.24, 2.45) is 0 Å². The SMILES string of the molecule is CC[C@@H](Sc1ccccc1)c1ccccc1. The third-order valence-corrected chi connectivity index (χ3v) is 4.00. The number of thioether (sulfide) groups is 1. The van der Waals surface area contributed by atoms with E-state index in [2.05, 4.69) is 67.6 Å². The van der Waals surface area contributed by atoms with Gasteiger partial charge in [-0.3, -0.25) is 0 Å². The number of hydrogen-bond acceptors (Lipinski definition) is 1. The molecule has 0 radical (unpaired) electrons.